The molecular weight excluding hydrogens is 446 g/mol. The first-order valence-electron chi connectivity index (χ1n) is 9.53. The van der Waals surface area contributed by atoms with Crippen LogP contribution in [0.4, 0.5) is 0 Å². The summed E-state index contributed by atoms with van der Waals surface area (Å²) in [6, 6.07) is 24.9. The van der Waals surface area contributed by atoms with Gasteiger partial charge in [-0.1, -0.05) is 82.2 Å². The van der Waals surface area contributed by atoms with Crippen molar-refractivity contribution >= 4 is 31.5 Å². The van der Waals surface area contributed by atoms with E-state index in [1.807, 2.05) is 67.6 Å². The maximum absolute atomic E-state index is 13.5. The summed E-state index contributed by atoms with van der Waals surface area (Å²) in [6.07, 6.45) is 2.67. The van der Waals surface area contributed by atoms with Crippen LogP contribution in [-0.2, 0) is 10.0 Å². The fourth-order valence-corrected chi connectivity index (χ4v) is 5.51. The lowest BCUT2D eigenvalue weighted by atomic mass is 9.91. The topological polar surface area (TPSA) is 37.4 Å². The molecule has 0 unspecified atom stereocenters. The summed E-state index contributed by atoms with van der Waals surface area (Å²) < 4.78 is 29.6. The van der Waals surface area contributed by atoms with E-state index in [0.717, 1.165) is 21.2 Å². The highest BCUT2D eigenvalue weighted by Crippen LogP contribution is 2.39. The highest BCUT2D eigenvalue weighted by molar-refractivity contribution is 9.10. The number of rotatable bonds is 4. The molecule has 29 heavy (non-hydrogen) atoms. The van der Waals surface area contributed by atoms with Crippen molar-refractivity contribution < 1.29 is 8.42 Å². The van der Waals surface area contributed by atoms with E-state index >= 15 is 0 Å². The second-order valence-electron chi connectivity index (χ2n) is 7.25. The van der Waals surface area contributed by atoms with E-state index < -0.39 is 10.0 Å². The predicted octanol–water partition coefficient (Wildman–Crippen LogP) is 5.98. The van der Waals surface area contributed by atoms with E-state index in [-0.39, 0.29) is 6.04 Å². The molecule has 1 heterocycles. The Kier molecular flexibility index (Phi) is 5.72. The van der Waals surface area contributed by atoms with Gasteiger partial charge < -0.3 is 0 Å². The second-order valence-corrected chi connectivity index (χ2v) is 10.1. The Bertz CT molecular complexity index is 1120. The van der Waals surface area contributed by atoms with E-state index in [1.165, 1.54) is 5.57 Å². The van der Waals surface area contributed by atoms with Gasteiger partial charge in [-0.25, -0.2) is 8.42 Å². The van der Waals surface area contributed by atoms with Crippen LogP contribution in [0.25, 0.3) is 5.57 Å². The Hall–Kier alpha value is -2.21. The zero-order valence-electron chi connectivity index (χ0n) is 16.1. The molecule has 5 heteroatoms. The minimum atomic E-state index is -3.61. The SMILES string of the molecule is Cc1ccc(S(=O)(=O)N2CC=C(c3ccccc3)C[C@H]2c2ccc(Br)cc2)cc1. The Balaban J connectivity index is 1.77. The van der Waals surface area contributed by atoms with Crippen LogP contribution in [0.1, 0.15) is 29.2 Å². The number of aryl methyl sites for hydroxylation is 1. The van der Waals surface area contributed by atoms with Crippen LogP contribution in [0.3, 0.4) is 0 Å². The third-order valence-electron chi connectivity index (χ3n) is 5.31. The van der Waals surface area contributed by atoms with Crippen LogP contribution in [0.2, 0.25) is 0 Å². The van der Waals surface area contributed by atoms with Crippen molar-refractivity contribution in [3.05, 3.63) is 106 Å². The van der Waals surface area contributed by atoms with Gasteiger partial charge in [-0.3, -0.25) is 0 Å². The first-order chi connectivity index (χ1) is 13.9. The molecule has 3 aromatic rings. The largest absolute Gasteiger partial charge is 0.243 e. The van der Waals surface area contributed by atoms with Gasteiger partial charge in [0.2, 0.25) is 10.0 Å². The van der Waals surface area contributed by atoms with Crippen molar-refractivity contribution in [1.82, 2.24) is 4.31 Å². The summed E-state index contributed by atoms with van der Waals surface area (Å²) in [5.41, 5.74) is 4.35. The maximum Gasteiger partial charge on any atom is 0.243 e. The highest BCUT2D eigenvalue weighted by atomic mass is 79.9. The molecule has 0 saturated heterocycles. The van der Waals surface area contributed by atoms with Crippen LogP contribution < -0.4 is 0 Å². The van der Waals surface area contributed by atoms with Gasteiger partial charge in [-0.05, 0) is 54.3 Å². The summed E-state index contributed by atoms with van der Waals surface area (Å²) in [7, 11) is -3.61. The number of benzene rings is 3. The van der Waals surface area contributed by atoms with E-state index in [1.54, 1.807) is 16.4 Å². The molecule has 0 aliphatic carbocycles. The summed E-state index contributed by atoms with van der Waals surface area (Å²) in [4.78, 5) is 0.335. The van der Waals surface area contributed by atoms with Gasteiger partial charge in [-0.15, -0.1) is 0 Å². The monoisotopic (exact) mass is 467 g/mol. The number of hydrogen-bond donors (Lipinski definition) is 0. The smallest absolute Gasteiger partial charge is 0.207 e. The molecule has 3 aromatic carbocycles. The lowest BCUT2D eigenvalue weighted by Gasteiger charge is -2.35. The van der Waals surface area contributed by atoms with E-state index in [2.05, 4.69) is 28.1 Å². The van der Waals surface area contributed by atoms with Crippen LogP contribution in [-0.4, -0.2) is 19.3 Å². The van der Waals surface area contributed by atoms with Gasteiger partial charge in [0.15, 0.2) is 0 Å². The minimum absolute atomic E-state index is 0.255. The van der Waals surface area contributed by atoms with E-state index in [4.69, 9.17) is 0 Å². The lowest BCUT2D eigenvalue weighted by molar-refractivity contribution is 0.344. The van der Waals surface area contributed by atoms with E-state index in [0.29, 0.717) is 17.9 Å². The second kappa shape index (κ2) is 8.27. The predicted molar refractivity (Wildman–Crippen MR) is 121 cm³/mol. The summed E-state index contributed by atoms with van der Waals surface area (Å²) in [5.74, 6) is 0. The molecule has 0 fully saturated rings. The third kappa shape index (κ3) is 4.22. The Morgan fingerprint density at radius 3 is 2.21 bits per heavy atom. The fourth-order valence-electron chi connectivity index (χ4n) is 3.69. The molecule has 1 aliphatic rings. The molecule has 3 nitrogen and oxygen atoms in total. The van der Waals surface area contributed by atoms with Gasteiger partial charge in [-0.2, -0.15) is 4.31 Å². The van der Waals surface area contributed by atoms with Crippen LogP contribution in [0.5, 0.6) is 0 Å². The molecule has 0 amide bonds. The van der Waals surface area contributed by atoms with Gasteiger partial charge in [0.25, 0.3) is 0 Å². The van der Waals surface area contributed by atoms with Crippen molar-refractivity contribution in [3.8, 4) is 0 Å². The molecular formula is C24H22BrNO2S. The average Bonchev–Trinajstić information content (AvgIpc) is 2.75. The van der Waals surface area contributed by atoms with Gasteiger partial charge >= 0.3 is 0 Å². The van der Waals surface area contributed by atoms with Crippen LogP contribution >= 0.6 is 15.9 Å². The zero-order valence-corrected chi connectivity index (χ0v) is 18.5. The normalized spacial score (nSPS) is 17.7. The molecule has 0 saturated carbocycles. The van der Waals surface area contributed by atoms with Crippen molar-refractivity contribution in [2.45, 2.75) is 24.3 Å². The summed E-state index contributed by atoms with van der Waals surface area (Å²) in [6.45, 7) is 2.30. The highest BCUT2D eigenvalue weighted by Gasteiger charge is 2.35. The molecule has 1 aliphatic heterocycles. The standard InChI is InChI=1S/C24H22BrNO2S/c1-18-7-13-23(14-8-18)29(27,28)26-16-15-21(19-5-3-2-4-6-19)17-24(26)20-9-11-22(25)12-10-20/h2-15,24H,16-17H2,1H3/t24-/m0/s1. The Morgan fingerprint density at radius 2 is 1.55 bits per heavy atom. The first-order valence-corrected chi connectivity index (χ1v) is 11.8. The van der Waals surface area contributed by atoms with Crippen molar-refractivity contribution in [2.24, 2.45) is 0 Å². The van der Waals surface area contributed by atoms with Crippen LogP contribution in [0.15, 0.2) is 94.3 Å². The van der Waals surface area contributed by atoms with Crippen molar-refractivity contribution in [3.63, 3.8) is 0 Å². The molecule has 4 rings (SSSR count). The first kappa shape index (κ1) is 20.1. The molecule has 0 spiro atoms. The molecule has 0 N–H and O–H groups in total. The Labute approximate surface area is 180 Å². The molecule has 1 atom stereocenters. The quantitative estimate of drug-likeness (QED) is 0.473. The summed E-state index contributed by atoms with van der Waals surface area (Å²) in [5, 5.41) is 0. The van der Waals surface area contributed by atoms with Crippen molar-refractivity contribution in [2.75, 3.05) is 6.54 Å². The number of halogens is 1. The summed E-state index contributed by atoms with van der Waals surface area (Å²) >= 11 is 3.47. The van der Waals surface area contributed by atoms with Crippen molar-refractivity contribution in [1.29, 1.82) is 0 Å². The minimum Gasteiger partial charge on any atom is -0.207 e. The fraction of sp³-hybridized carbons (Fsp3) is 0.167. The van der Waals surface area contributed by atoms with Gasteiger partial charge in [0, 0.05) is 11.0 Å². The third-order valence-corrected chi connectivity index (χ3v) is 7.72. The van der Waals surface area contributed by atoms with E-state index in [9.17, 15) is 8.42 Å². The Morgan fingerprint density at radius 1 is 0.897 bits per heavy atom. The van der Waals surface area contributed by atoms with Gasteiger partial charge in [0.05, 0.1) is 10.9 Å². The molecule has 0 aromatic heterocycles. The number of nitrogens with zero attached hydrogens (tertiary/aromatic N) is 1. The molecule has 0 radical (unpaired) electrons. The zero-order chi connectivity index (χ0) is 20.4. The number of hydrogen-bond acceptors (Lipinski definition) is 2. The average molecular weight is 468 g/mol. The number of sulfonamides is 1. The maximum atomic E-state index is 13.5. The molecule has 148 valence electrons. The molecule has 0 bridgehead atoms. The van der Waals surface area contributed by atoms with Crippen LogP contribution in [0, 0.1) is 6.92 Å². The lowest BCUT2D eigenvalue weighted by Crippen LogP contribution is -2.37. The van der Waals surface area contributed by atoms with Gasteiger partial charge in [0.1, 0.15) is 0 Å².